The molecule has 30 heavy (non-hydrogen) atoms. The maximum Gasteiger partial charge on any atom is 0.243 e. The van der Waals surface area contributed by atoms with E-state index in [-0.39, 0.29) is 17.3 Å². The van der Waals surface area contributed by atoms with Crippen LogP contribution < -0.4 is 10.1 Å². The largest absolute Gasteiger partial charge is 0.497 e. The van der Waals surface area contributed by atoms with Crippen LogP contribution in [0.3, 0.4) is 0 Å². The zero-order valence-corrected chi connectivity index (χ0v) is 19.0. The summed E-state index contributed by atoms with van der Waals surface area (Å²) in [5.41, 5.74) is 0.631. The van der Waals surface area contributed by atoms with Crippen molar-refractivity contribution < 1.29 is 17.9 Å². The number of ether oxygens (including phenoxy) is 1. The fraction of sp³-hybridized carbons (Fsp3) is 0.409. The molecule has 0 aromatic heterocycles. The van der Waals surface area contributed by atoms with Crippen LogP contribution in [0.5, 0.6) is 5.75 Å². The SMILES string of the molecule is COc1cccc(CNC(=O)C2(C)CCCN(S(=O)(=O)c3cccc(Cl)c3C)C2)c1. The lowest BCUT2D eigenvalue weighted by Gasteiger charge is -2.38. The van der Waals surface area contributed by atoms with Gasteiger partial charge in [-0.15, -0.1) is 0 Å². The molecule has 1 heterocycles. The van der Waals surface area contributed by atoms with E-state index >= 15 is 0 Å². The molecular weight excluding hydrogens is 424 g/mol. The molecule has 1 N–H and O–H groups in total. The molecule has 1 unspecified atom stereocenters. The van der Waals surface area contributed by atoms with Gasteiger partial charge in [-0.2, -0.15) is 4.31 Å². The van der Waals surface area contributed by atoms with E-state index in [9.17, 15) is 13.2 Å². The van der Waals surface area contributed by atoms with Gasteiger partial charge in [0, 0.05) is 24.7 Å². The summed E-state index contributed by atoms with van der Waals surface area (Å²) in [6.07, 6.45) is 1.24. The zero-order chi connectivity index (χ0) is 21.9. The van der Waals surface area contributed by atoms with Gasteiger partial charge in [-0.25, -0.2) is 8.42 Å². The lowest BCUT2D eigenvalue weighted by molar-refractivity contribution is -0.132. The van der Waals surface area contributed by atoms with Crippen LogP contribution in [-0.2, 0) is 21.4 Å². The first-order chi connectivity index (χ1) is 14.2. The Morgan fingerprint density at radius 2 is 2.00 bits per heavy atom. The highest BCUT2D eigenvalue weighted by Crippen LogP contribution is 2.34. The summed E-state index contributed by atoms with van der Waals surface area (Å²) < 4.78 is 33.1. The molecule has 1 aliphatic rings. The number of halogens is 1. The van der Waals surface area contributed by atoms with Gasteiger partial charge in [0.2, 0.25) is 15.9 Å². The van der Waals surface area contributed by atoms with Gasteiger partial charge in [0.05, 0.1) is 17.4 Å². The Balaban J connectivity index is 1.74. The van der Waals surface area contributed by atoms with Gasteiger partial charge in [-0.1, -0.05) is 29.8 Å². The Kier molecular flexibility index (Phi) is 6.75. The third-order valence-corrected chi connectivity index (χ3v) is 8.03. The summed E-state index contributed by atoms with van der Waals surface area (Å²) >= 11 is 6.13. The molecule has 0 spiro atoms. The number of benzene rings is 2. The van der Waals surface area contributed by atoms with E-state index in [1.807, 2.05) is 31.2 Å². The maximum atomic E-state index is 13.2. The van der Waals surface area contributed by atoms with Crippen LogP contribution >= 0.6 is 11.6 Å². The highest BCUT2D eigenvalue weighted by molar-refractivity contribution is 7.89. The van der Waals surface area contributed by atoms with Gasteiger partial charge in [0.25, 0.3) is 0 Å². The van der Waals surface area contributed by atoms with E-state index in [4.69, 9.17) is 16.3 Å². The van der Waals surface area contributed by atoms with E-state index in [1.165, 1.54) is 4.31 Å². The normalized spacial score (nSPS) is 20.0. The van der Waals surface area contributed by atoms with E-state index in [1.54, 1.807) is 32.2 Å². The lowest BCUT2D eigenvalue weighted by Crippen LogP contribution is -2.51. The molecule has 1 amide bonds. The summed E-state index contributed by atoms with van der Waals surface area (Å²) in [6.45, 7) is 4.38. The molecule has 0 bridgehead atoms. The number of methoxy groups -OCH3 is 1. The van der Waals surface area contributed by atoms with Crippen LogP contribution in [-0.4, -0.2) is 38.8 Å². The number of carbonyl (C=O) groups excluding carboxylic acids is 1. The number of nitrogens with one attached hydrogen (secondary N) is 1. The van der Waals surface area contributed by atoms with Gasteiger partial charge in [0.15, 0.2) is 0 Å². The molecule has 2 aromatic carbocycles. The Morgan fingerprint density at radius 1 is 1.27 bits per heavy atom. The van der Waals surface area contributed by atoms with E-state index in [2.05, 4.69) is 5.32 Å². The Morgan fingerprint density at radius 3 is 2.73 bits per heavy atom. The third kappa shape index (κ3) is 4.63. The van der Waals surface area contributed by atoms with E-state index in [0.717, 1.165) is 11.3 Å². The second-order valence-electron chi connectivity index (χ2n) is 7.90. The predicted octanol–water partition coefficient (Wildman–Crippen LogP) is 3.76. The molecule has 0 radical (unpaired) electrons. The number of nitrogens with zero attached hydrogens (tertiary/aromatic N) is 1. The molecule has 8 heteroatoms. The number of hydrogen-bond acceptors (Lipinski definition) is 4. The number of sulfonamides is 1. The number of hydrogen-bond donors (Lipinski definition) is 1. The van der Waals surface area contributed by atoms with Crippen molar-refractivity contribution in [2.75, 3.05) is 20.2 Å². The van der Waals surface area contributed by atoms with Gasteiger partial charge < -0.3 is 10.1 Å². The fourth-order valence-corrected chi connectivity index (χ4v) is 5.85. The topological polar surface area (TPSA) is 75.7 Å². The van der Waals surface area contributed by atoms with Crippen molar-refractivity contribution in [1.82, 2.24) is 9.62 Å². The van der Waals surface area contributed by atoms with Crippen molar-refractivity contribution in [3.05, 3.63) is 58.6 Å². The summed E-state index contributed by atoms with van der Waals surface area (Å²) in [5, 5.41) is 3.36. The summed E-state index contributed by atoms with van der Waals surface area (Å²) in [5.74, 6) is 0.563. The molecule has 3 rings (SSSR count). The first-order valence-corrected chi connectivity index (χ1v) is 11.7. The molecule has 162 valence electrons. The monoisotopic (exact) mass is 450 g/mol. The van der Waals surface area contributed by atoms with Crippen molar-refractivity contribution in [2.45, 2.75) is 38.1 Å². The van der Waals surface area contributed by atoms with Gasteiger partial charge in [-0.3, -0.25) is 4.79 Å². The van der Waals surface area contributed by atoms with Crippen molar-refractivity contribution in [1.29, 1.82) is 0 Å². The van der Waals surface area contributed by atoms with Gasteiger partial charge >= 0.3 is 0 Å². The smallest absolute Gasteiger partial charge is 0.243 e. The van der Waals surface area contributed by atoms with Crippen LogP contribution in [0, 0.1) is 12.3 Å². The fourth-order valence-electron chi connectivity index (χ4n) is 3.77. The Labute approximate surface area is 183 Å². The molecule has 0 aliphatic carbocycles. The molecule has 1 atom stereocenters. The Hall–Kier alpha value is -2.09. The highest BCUT2D eigenvalue weighted by atomic mass is 35.5. The van der Waals surface area contributed by atoms with Crippen LogP contribution in [0.4, 0.5) is 0 Å². The number of carbonyl (C=O) groups is 1. The first kappa shape index (κ1) is 22.6. The molecule has 1 fully saturated rings. The molecule has 1 aliphatic heterocycles. The standard InChI is InChI=1S/C22H27ClN2O4S/c1-16-19(23)9-5-10-20(16)30(27,28)25-12-6-11-22(2,15-25)21(26)24-14-17-7-4-8-18(13-17)29-3/h4-5,7-10,13H,6,11-12,14-15H2,1-3H3,(H,24,26). The van der Waals surface area contributed by atoms with Crippen molar-refractivity contribution in [3.63, 3.8) is 0 Å². The number of rotatable bonds is 6. The second-order valence-corrected chi connectivity index (χ2v) is 10.2. The Bertz CT molecular complexity index is 1040. The molecule has 0 saturated carbocycles. The summed E-state index contributed by atoms with van der Waals surface area (Å²) in [7, 11) is -2.15. The summed E-state index contributed by atoms with van der Waals surface area (Å²) in [4.78, 5) is 13.2. The predicted molar refractivity (Wildman–Crippen MR) is 117 cm³/mol. The van der Waals surface area contributed by atoms with Crippen LogP contribution in [0.25, 0.3) is 0 Å². The molecule has 6 nitrogen and oxygen atoms in total. The first-order valence-electron chi connectivity index (χ1n) is 9.84. The quantitative estimate of drug-likeness (QED) is 0.726. The van der Waals surface area contributed by atoms with E-state index < -0.39 is 15.4 Å². The minimum atomic E-state index is -3.74. The second kappa shape index (κ2) is 8.96. The molecule has 1 saturated heterocycles. The van der Waals surface area contributed by atoms with Crippen LogP contribution in [0.2, 0.25) is 5.02 Å². The average Bonchev–Trinajstić information content (AvgIpc) is 2.74. The molecular formula is C22H27ClN2O4S. The van der Waals surface area contributed by atoms with Crippen molar-refractivity contribution in [2.24, 2.45) is 5.41 Å². The van der Waals surface area contributed by atoms with Crippen molar-refractivity contribution in [3.8, 4) is 5.75 Å². The number of piperidine rings is 1. The van der Waals surface area contributed by atoms with Gasteiger partial charge in [0.1, 0.15) is 5.75 Å². The van der Waals surface area contributed by atoms with Crippen molar-refractivity contribution >= 4 is 27.5 Å². The van der Waals surface area contributed by atoms with Crippen LogP contribution in [0.15, 0.2) is 47.4 Å². The minimum Gasteiger partial charge on any atom is -0.497 e. The number of amides is 1. The van der Waals surface area contributed by atoms with Crippen LogP contribution in [0.1, 0.15) is 30.9 Å². The van der Waals surface area contributed by atoms with E-state index in [0.29, 0.717) is 36.5 Å². The third-order valence-electron chi connectivity index (χ3n) is 5.63. The minimum absolute atomic E-state index is 0.130. The summed E-state index contributed by atoms with van der Waals surface area (Å²) in [6, 6.07) is 12.3. The maximum absolute atomic E-state index is 13.2. The lowest BCUT2D eigenvalue weighted by atomic mass is 9.82. The average molecular weight is 451 g/mol. The highest BCUT2D eigenvalue weighted by Gasteiger charge is 2.42. The zero-order valence-electron chi connectivity index (χ0n) is 17.4. The van der Waals surface area contributed by atoms with Gasteiger partial charge in [-0.05, 0) is 62.1 Å². The molecule has 2 aromatic rings.